The minimum atomic E-state index is -0.230. The second kappa shape index (κ2) is 7.28. The Morgan fingerprint density at radius 3 is 2.59 bits per heavy atom. The number of aliphatic hydroxyl groups is 1. The topological polar surface area (TPSA) is 61.8 Å². The quantitative estimate of drug-likeness (QED) is 0.805. The summed E-state index contributed by atoms with van der Waals surface area (Å²) in [5.41, 5.74) is 0.00801. The molecule has 0 unspecified atom stereocenters. The van der Waals surface area contributed by atoms with Crippen molar-refractivity contribution in [2.24, 2.45) is 11.3 Å². The maximum Gasteiger partial charge on any atom is 0.224 e. The van der Waals surface area contributed by atoms with E-state index in [4.69, 9.17) is 4.74 Å². The maximum absolute atomic E-state index is 12.2. The van der Waals surface area contributed by atoms with Crippen LogP contribution in [-0.4, -0.2) is 60.9 Å². The van der Waals surface area contributed by atoms with Crippen molar-refractivity contribution in [1.29, 1.82) is 0 Å². The number of morpholine rings is 1. The SMILES string of the molecule is C[C@H]1CC(C)(C)C[C@@](CO)(NCCC(=O)N2CCOCC2)C1. The third-order valence-corrected chi connectivity index (χ3v) is 4.96. The zero-order chi connectivity index (χ0) is 16.2. The van der Waals surface area contributed by atoms with Crippen LogP contribution in [0, 0.1) is 11.3 Å². The predicted octanol–water partition coefficient (Wildman–Crippen LogP) is 1.40. The molecule has 0 aromatic rings. The van der Waals surface area contributed by atoms with Gasteiger partial charge >= 0.3 is 0 Å². The first-order valence-corrected chi connectivity index (χ1v) is 8.57. The van der Waals surface area contributed by atoms with Gasteiger partial charge in [-0.25, -0.2) is 0 Å². The lowest BCUT2D eigenvalue weighted by Gasteiger charge is -2.47. The van der Waals surface area contributed by atoms with E-state index in [1.54, 1.807) is 0 Å². The highest BCUT2D eigenvalue weighted by Crippen LogP contribution is 2.43. The molecule has 22 heavy (non-hydrogen) atoms. The maximum atomic E-state index is 12.2. The number of nitrogens with one attached hydrogen (secondary N) is 1. The molecule has 128 valence electrons. The molecule has 2 aliphatic rings. The second-order valence-electron chi connectivity index (χ2n) is 7.96. The Morgan fingerprint density at radius 1 is 1.32 bits per heavy atom. The Kier molecular flexibility index (Phi) is 5.86. The smallest absolute Gasteiger partial charge is 0.224 e. The van der Waals surface area contributed by atoms with Crippen molar-refractivity contribution in [2.75, 3.05) is 39.5 Å². The third-order valence-electron chi connectivity index (χ3n) is 4.96. The molecule has 0 aromatic heterocycles. The molecule has 1 aliphatic heterocycles. The average Bonchev–Trinajstić information content (AvgIpc) is 2.46. The van der Waals surface area contributed by atoms with Crippen molar-refractivity contribution >= 4 is 5.91 Å². The van der Waals surface area contributed by atoms with Crippen LogP contribution < -0.4 is 5.32 Å². The van der Waals surface area contributed by atoms with E-state index in [9.17, 15) is 9.90 Å². The first kappa shape index (κ1) is 17.7. The summed E-state index contributed by atoms with van der Waals surface area (Å²) in [6, 6.07) is 0. The molecule has 2 fully saturated rings. The van der Waals surface area contributed by atoms with Crippen molar-refractivity contribution in [3.63, 3.8) is 0 Å². The van der Waals surface area contributed by atoms with E-state index in [1.165, 1.54) is 6.42 Å². The van der Waals surface area contributed by atoms with Gasteiger partial charge in [0.25, 0.3) is 0 Å². The van der Waals surface area contributed by atoms with Gasteiger partial charge in [-0.15, -0.1) is 0 Å². The number of aliphatic hydroxyl groups excluding tert-OH is 1. The first-order valence-electron chi connectivity index (χ1n) is 8.57. The van der Waals surface area contributed by atoms with E-state index in [-0.39, 0.29) is 23.5 Å². The van der Waals surface area contributed by atoms with Crippen molar-refractivity contribution in [3.8, 4) is 0 Å². The van der Waals surface area contributed by atoms with Gasteiger partial charge in [0.2, 0.25) is 5.91 Å². The number of rotatable bonds is 5. The van der Waals surface area contributed by atoms with Crippen LogP contribution in [0.3, 0.4) is 0 Å². The molecule has 2 atom stereocenters. The summed E-state index contributed by atoms with van der Waals surface area (Å²) in [4.78, 5) is 14.1. The standard InChI is InChI=1S/C17H32N2O3/c1-14-10-16(2,3)12-17(11-14,13-20)18-5-4-15(21)19-6-8-22-9-7-19/h14,18,20H,4-13H2,1-3H3/t14-,17-/m0/s1. The van der Waals surface area contributed by atoms with E-state index in [1.807, 2.05) is 4.90 Å². The summed E-state index contributed by atoms with van der Waals surface area (Å²) in [6.07, 6.45) is 3.64. The Morgan fingerprint density at radius 2 is 2.00 bits per heavy atom. The molecule has 1 saturated carbocycles. The van der Waals surface area contributed by atoms with Gasteiger partial charge in [0.1, 0.15) is 0 Å². The highest BCUT2D eigenvalue weighted by Gasteiger charge is 2.42. The average molecular weight is 312 g/mol. The van der Waals surface area contributed by atoms with Crippen LogP contribution in [0.25, 0.3) is 0 Å². The molecule has 2 rings (SSSR count). The molecule has 1 saturated heterocycles. The lowest BCUT2D eigenvalue weighted by atomic mass is 9.64. The van der Waals surface area contributed by atoms with E-state index >= 15 is 0 Å². The van der Waals surface area contributed by atoms with Crippen LogP contribution in [0.4, 0.5) is 0 Å². The third kappa shape index (κ3) is 4.67. The number of carbonyl (C=O) groups excluding carboxylic acids is 1. The Hall–Kier alpha value is -0.650. The second-order valence-corrected chi connectivity index (χ2v) is 7.96. The van der Waals surface area contributed by atoms with Crippen LogP contribution in [0.1, 0.15) is 46.5 Å². The highest BCUT2D eigenvalue weighted by molar-refractivity contribution is 5.76. The fourth-order valence-electron chi connectivity index (χ4n) is 4.46. The van der Waals surface area contributed by atoms with E-state index in [2.05, 4.69) is 26.1 Å². The summed E-state index contributed by atoms with van der Waals surface area (Å²) >= 11 is 0. The van der Waals surface area contributed by atoms with E-state index in [0.29, 0.717) is 45.2 Å². The molecule has 2 N–H and O–H groups in total. The lowest BCUT2D eigenvalue weighted by molar-refractivity contribution is -0.135. The zero-order valence-electron chi connectivity index (χ0n) is 14.4. The number of amides is 1. The fourth-order valence-corrected chi connectivity index (χ4v) is 4.46. The summed E-state index contributed by atoms with van der Waals surface area (Å²) in [6.45, 7) is 10.3. The predicted molar refractivity (Wildman–Crippen MR) is 86.6 cm³/mol. The van der Waals surface area contributed by atoms with E-state index in [0.717, 1.165) is 12.8 Å². The Bertz CT molecular complexity index is 380. The number of hydrogen-bond acceptors (Lipinski definition) is 4. The van der Waals surface area contributed by atoms with Crippen LogP contribution >= 0.6 is 0 Å². The number of ether oxygens (including phenoxy) is 1. The van der Waals surface area contributed by atoms with Crippen LogP contribution in [0.2, 0.25) is 0 Å². The molecule has 1 heterocycles. The van der Waals surface area contributed by atoms with Crippen LogP contribution in [0.5, 0.6) is 0 Å². The highest BCUT2D eigenvalue weighted by atomic mass is 16.5. The molecule has 5 heteroatoms. The monoisotopic (exact) mass is 312 g/mol. The van der Waals surface area contributed by atoms with Gasteiger partial charge in [-0.2, -0.15) is 0 Å². The molecule has 0 radical (unpaired) electrons. The van der Waals surface area contributed by atoms with E-state index < -0.39 is 0 Å². The molecule has 0 bridgehead atoms. The summed E-state index contributed by atoms with van der Waals surface area (Å²) in [7, 11) is 0. The van der Waals surface area contributed by atoms with Crippen molar-refractivity contribution in [3.05, 3.63) is 0 Å². The van der Waals surface area contributed by atoms with Gasteiger partial charge < -0.3 is 20.1 Å². The van der Waals surface area contributed by atoms with Gasteiger partial charge in [0.05, 0.1) is 19.8 Å². The van der Waals surface area contributed by atoms with Gasteiger partial charge in [0, 0.05) is 31.6 Å². The van der Waals surface area contributed by atoms with Gasteiger partial charge in [-0.3, -0.25) is 4.79 Å². The van der Waals surface area contributed by atoms with Crippen LogP contribution in [-0.2, 0) is 9.53 Å². The van der Waals surface area contributed by atoms with Crippen molar-refractivity contribution in [2.45, 2.75) is 52.0 Å². The lowest BCUT2D eigenvalue weighted by Crippen LogP contribution is -2.56. The van der Waals surface area contributed by atoms with Crippen molar-refractivity contribution < 1.29 is 14.6 Å². The Balaban J connectivity index is 1.84. The van der Waals surface area contributed by atoms with Gasteiger partial charge in [-0.1, -0.05) is 20.8 Å². The minimum absolute atomic E-state index is 0.145. The number of carbonyl (C=O) groups is 1. The summed E-state index contributed by atoms with van der Waals surface area (Å²) < 4.78 is 5.28. The van der Waals surface area contributed by atoms with Crippen LogP contribution in [0.15, 0.2) is 0 Å². The summed E-state index contributed by atoms with van der Waals surface area (Å²) in [5, 5.41) is 13.4. The summed E-state index contributed by atoms with van der Waals surface area (Å²) in [5.74, 6) is 0.783. The fraction of sp³-hybridized carbons (Fsp3) is 0.941. The Labute approximate surface area is 134 Å². The molecule has 0 aromatic carbocycles. The van der Waals surface area contributed by atoms with Crippen molar-refractivity contribution in [1.82, 2.24) is 10.2 Å². The molecule has 1 aliphatic carbocycles. The normalized spacial score (nSPS) is 32.0. The molecular formula is C17H32N2O3. The molecule has 0 spiro atoms. The first-order chi connectivity index (χ1) is 10.4. The molecular weight excluding hydrogens is 280 g/mol. The largest absolute Gasteiger partial charge is 0.394 e. The zero-order valence-corrected chi connectivity index (χ0v) is 14.4. The van der Waals surface area contributed by atoms with Gasteiger partial charge in [0.15, 0.2) is 0 Å². The number of nitrogens with zero attached hydrogens (tertiary/aromatic N) is 1. The minimum Gasteiger partial charge on any atom is -0.394 e. The molecule has 5 nitrogen and oxygen atoms in total. The van der Waals surface area contributed by atoms with Gasteiger partial charge in [-0.05, 0) is 30.6 Å². The molecule has 1 amide bonds. The number of hydrogen-bond donors (Lipinski definition) is 2.